The second kappa shape index (κ2) is 18.6. The number of hydrogen-bond acceptors (Lipinski definition) is 8. The van der Waals surface area contributed by atoms with E-state index in [2.05, 4.69) is 41.1 Å². The number of aromatic nitrogens is 4. The van der Waals surface area contributed by atoms with Crippen LogP contribution in [0.3, 0.4) is 0 Å². The number of alkyl halides is 3. The first-order valence-corrected chi connectivity index (χ1v) is 22.4. The molecular formula is C45H31Cl2F4N9O4S2. The normalized spacial score (nSPS) is 11.5. The van der Waals surface area contributed by atoms with E-state index in [0.717, 1.165) is 44.1 Å². The summed E-state index contributed by atoms with van der Waals surface area (Å²) < 4.78 is 80.1. The van der Waals surface area contributed by atoms with Gasteiger partial charge in [0.05, 0.1) is 37.9 Å². The quantitative estimate of drug-likeness (QED) is 0.0698. The lowest BCUT2D eigenvalue weighted by Gasteiger charge is -2.12. The number of sulfonamides is 1. The Morgan fingerprint density at radius 2 is 1.32 bits per heavy atom. The number of carbonyl (C=O) groups is 2. The molecule has 0 aliphatic rings. The van der Waals surface area contributed by atoms with E-state index in [1.54, 1.807) is 60.0 Å². The van der Waals surface area contributed by atoms with Crippen LogP contribution in [-0.2, 0) is 16.2 Å². The zero-order valence-electron chi connectivity index (χ0n) is 33.5. The number of aromatic amines is 2. The molecule has 0 saturated carbocycles. The predicted molar refractivity (Wildman–Crippen MR) is 251 cm³/mol. The summed E-state index contributed by atoms with van der Waals surface area (Å²) in [5.74, 6) is -0.342. The van der Waals surface area contributed by atoms with E-state index in [-0.39, 0.29) is 20.8 Å². The largest absolute Gasteiger partial charge is 0.416 e. The van der Waals surface area contributed by atoms with Crippen LogP contribution in [0.5, 0.6) is 0 Å². The van der Waals surface area contributed by atoms with Gasteiger partial charge in [-0.3, -0.25) is 19.7 Å². The van der Waals surface area contributed by atoms with Crippen molar-refractivity contribution in [2.24, 2.45) is 0 Å². The van der Waals surface area contributed by atoms with Crippen molar-refractivity contribution < 1.29 is 35.6 Å². The number of nitrogens with zero attached hydrogens (tertiary/aromatic N) is 2. The van der Waals surface area contributed by atoms with Gasteiger partial charge in [0.15, 0.2) is 11.6 Å². The Hall–Kier alpha value is -7.45. The second-order valence-electron chi connectivity index (χ2n) is 14.3. The fourth-order valence-electron chi connectivity index (χ4n) is 6.55. The number of anilines is 5. The third-order valence-corrected chi connectivity index (χ3v) is 12.9. The van der Waals surface area contributed by atoms with Gasteiger partial charge >= 0.3 is 12.2 Å². The number of nitrogens with one attached hydrogen (secondary N) is 6. The third kappa shape index (κ3) is 10.1. The smallest absolute Gasteiger partial charge is 0.382 e. The first-order valence-electron chi connectivity index (χ1n) is 19.2. The Morgan fingerprint density at radius 1 is 0.697 bits per heavy atom. The fraction of sp³-hybridized carbons (Fsp3) is 0.0222. The maximum absolute atomic E-state index is 13.8. The van der Waals surface area contributed by atoms with Gasteiger partial charge in [-0.2, -0.15) is 34.7 Å². The van der Waals surface area contributed by atoms with E-state index in [1.807, 2.05) is 41.8 Å². The summed E-state index contributed by atoms with van der Waals surface area (Å²) in [6.45, 7) is 0. The average Bonchev–Trinajstić information content (AvgIpc) is 4.06. The molecule has 6 aromatic carbocycles. The lowest BCUT2D eigenvalue weighted by molar-refractivity contribution is -0.137. The van der Waals surface area contributed by atoms with Crippen molar-refractivity contribution >= 4 is 107 Å². The van der Waals surface area contributed by atoms with Gasteiger partial charge in [0.25, 0.3) is 15.9 Å². The highest BCUT2D eigenvalue weighted by Gasteiger charge is 2.31. The monoisotopic (exact) mass is 971 g/mol. The van der Waals surface area contributed by atoms with Crippen LogP contribution in [0, 0.1) is 5.82 Å². The molecule has 3 amide bonds. The number of amides is 3. The topological polar surface area (TPSA) is 200 Å². The van der Waals surface area contributed by atoms with Crippen LogP contribution in [0.2, 0.25) is 10.0 Å². The van der Waals surface area contributed by atoms with Crippen LogP contribution in [-0.4, -0.2) is 40.8 Å². The molecular weight excluding hydrogens is 942 g/mol. The van der Waals surface area contributed by atoms with Crippen molar-refractivity contribution in [1.29, 1.82) is 0 Å². The number of urea groups is 1. The lowest BCUT2D eigenvalue weighted by Crippen LogP contribution is -2.20. The molecule has 13 nitrogen and oxygen atoms in total. The van der Waals surface area contributed by atoms with Gasteiger partial charge in [0.2, 0.25) is 0 Å². The minimum atomic E-state index is -4.65. The van der Waals surface area contributed by atoms with E-state index in [0.29, 0.717) is 46.8 Å². The Labute approximate surface area is 386 Å². The highest BCUT2D eigenvalue weighted by molar-refractivity contribution is 7.92. The number of rotatable bonds is 9. The van der Waals surface area contributed by atoms with Gasteiger partial charge < -0.3 is 21.7 Å². The molecule has 21 heteroatoms. The van der Waals surface area contributed by atoms with Gasteiger partial charge in [-0.05, 0) is 113 Å². The number of benzene rings is 6. The minimum Gasteiger partial charge on any atom is -0.382 e. The maximum Gasteiger partial charge on any atom is 0.416 e. The molecule has 0 spiro atoms. The molecule has 8 N–H and O–H groups in total. The number of hydrogen-bond donors (Lipinski definition) is 7. The van der Waals surface area contributed by atoms with Crippen molar-refractivity contribution in [2.75, 3.05) is 26.4 Å². The number of carbonyl (C=O) groups excluding carboxylic acids is 2. The summed E-state index contributed by atoms with van der Waals surface area (Å²) in [7, 11) is -3.91. The molecule has 334 valence electrons. The Bertz CT molecular complexity index is 3370. The number of H-pyrrole nitrogens is 2. The molecule has 0 aliphatic heterocycles. The van der Waals surface area contributed by atoms with E-state index in [9.17, 15) is 35.6 Å². The number of nitrogen functional groups attached to an aromatic ring is 1. The van der Waals surface area contributed by atoms with E-state index in [4.69, 9.17) is 28.9 Å². The van der Waals surface area contributed by atoms with E-state index < -0.39 is 39.3 Å². The summed E-state index contributed by atoms with van der Waals surface area (Å²) in [5, 5.41) is 26.6. The van der Waals surface area contributed by atoms with Gasteiger partial charge in [-0.25, -0.2) is 17.6 Å². The van der Waals surface area contributed by atoms with Crippen molar-refractivity contribution in [1.82, 2.24) is 20.4 Å². The summed E-state index contributed by atoms with van der Waals surface area (Å²) in [5.41, 5.74) is 10.5. The van der Waals surface area contributed by atoms with Crippen LogP contribution >= 0.6 is 34.5 Å². The van der Waals surface area contributed by atoms with Crippen LogP contribution in [0.25, 0.3) is 44.1 Å². The number of halogens is 6. The van der Waals surface area contributed by atoms with Gasteiger partial charge in [-0.15, -0.1) is 0 Å². The molecule has 0 fully saturated rings. The minimum absolute atomic E-state index is 0.0305. The maximum atomic E-state index is 13.8. The van der Waals surface area contributed by atoms with Crippen LogP contribution in [0.4, 0.5) is 51.1 Å². The molecule has 3 aromatic heterocycles. The summed E-state index contributed by atoms with van der Waals surface area (Å²) in [6.07, 6.45) is -4.65. The number of nitrogens with two attached hydrogens (primary N) is 1. The zero-order valence-corrected chi connectivity index (χ0v) is 36.6. The first-order chi connectivity index (χ1) is 31.5. The standard InChI is InChI=1S/C24H16Cl2N4O3S2.C21H15F4N5O/c25-19-2-1-3-21(22(19)26)35(32,33)30-17-7-4-14(5-8-17)15-6-9-18-20(12-15)28-29-23(18)27-24(31)16-10-11-34-13-16;22-16-8-4-13(21(23,24)25)10-18(16)28-20(31)27-14-5-1-11(2-6-14)12-3-7-15-17(9-12)29-30-19(15)26/h1-13,30H,(H2,27,28,29,31);1-10H,(H3,26,29,30)(H2,27,28,31). The van der Waals surface area contributed by atoms with Crippen molar-refractivity contribution in [3.8, 4) is 22.3 Å². The third-order valence-electron chi connectivity index (χ3n) is 9.86. The van der Waals surface area contributed by atoms with Gasteiger partial charge in [0.1, 0.15) is 10.7 Å². The highest BCUT2D eigenvalue weighted by atomic mass is 35.5. The average molecular weight is 973 g/mol. The van der Waals surface area contributed by atoms with E-state index in [1.165, 1.54) is 29.5 Å². The highest BCUT2D eigenvalue weighted by Crippen LogP contribution is 2.34. The molecule has 0 atom stereocenters. The number of fused-ring (bicyclic) bond motifs is 2. The molecule has 3 heterocycles. The molecule has 0 saturated heterocycles. The molecule has 0 bridgehead atoms. The second-order valence-corrected chi connectivity index (χ2v) is 17.5. The zero-order chi connectivity index (χ0) is 46.8. The van der Waals surface area contributed by atoms with Crippen LogP contribution in [0.15, 0.2) is 143 Å². The molecule has 0 radical (unpaired) electrons. The predicted octanol–water partition coefficient (Wildman–Crippen LogP) is 12.3. The van der Waals surface area contributed by atoms with E-state index >= 15 is 0 Å². The van der Waals surface area contributed by atoms with Crippen LogP contribution < -0.4 is 26.4 Å². The molecule has 9 aromatic rings. The Kier molecular flexibility index (Phi) is 12.7. The molecule has 66 heavy (non-hydrogen) atoms. The van der Waals surface area contributed by atoms with Crippen molar-refractivity contribution in [3.05, 3.63) is 165 Å². The molecule has 0 unspecified atom stereocenters. The number of thiophene rings is 1. The summed E-state index contributed by atoms with van der Waals surface area (Å²) >= 11 is 13.5. The van der Waals surface area contributed by atoms with Crippen LogP contribution in [0.1, 0.15) is 15.9 Å². The summed E-state index contributed by atoms with van der Waals surface area (Å²) in [6, 6.07) is 32.0. The first kappa shape index (κ1) is 45.1. The van der Waals surface area contributed by atoms with Gasteiger partial charge in [0, 0.05) is 27.5 Å². The Balaban J connectivity index is 0.000000181. The lowest BCUT2D eigenvalue weighted by atomic mass is 10.0. The van der Waals surface area contributed by atoms with Crippen molar-refractivity contribution in [3.63, 3.8) is 0 Å². The summed E-state index contributed by atoms with van der Waals surface area (Å²) in [4.78, 5) is 24.4. The molecule has 0 aliphatic carbocycles. The van der Waals surface area contributed by atoms with Crippen molar-refractivity contribution in [2.45, 2.75) is 11.1 Å². The Morgan fingerprint density at radius 3 is 1.97 bits per heavy atom. The fourth-order valence-corrected chi connectivity index (χ4v) is 9.01. The SMILES string of the molecule is Nc1n[nH]c2cc(-c3ccc(NC(=O)Nc4cc(C(F)(F)F)ccc4F)cc3)ccc12.O=C(Nc1n[nH]c2cc(-c3ccc(NS(=O)(=O)c4cccc(Cl)c4Cl)cc3)ccc12)c1ccsc1. The molecule has 9 rings (SSSR count). The van der Waals surface area contributed by atoms with Gasteiger partial charge in [-0.1, -0.05) is 65.7 Å².